The van der Waals surface area contributed by atoms with Crippen molar-refractivity contribution in [3.63, 3.8) is 0 Å². The second-order valence-corrected chi connectivity index (χ2v) is 5.20. The minimum absolute atomic E-state index is 0.0619. The Morgan fingerprint density at radius 2 is 2.35 bits per heavy atom. The summed E-state index contributed by atoms with van der Waals surface area (Å²) in [7, 11) is 0. The molecule has 1 fully saturated rings. The summed E-state index contributed by atoms with van der Waals surface area (Å²) in [5, 5.41) is 12.8. The van der Waals surface area contributed by atoms with Crippen molar-refractivity contribution in [2.45, 2.75) is 18.9 Å². The minimum atomic E-state index is -0.0619. The third kappa shape index (κ3) is 2.17. The first-order chi connectivity index (χ1) is 8.36. The van der Waals surface area contributed by atoms with Crippen molar-refractivity contribution in [2.75, 3.05) is 13.2 Å². The molecule has 3 heteroatoms. The molecule has 3 nitrogen and oxygen atoms in total. The maximum Gasteiger partial charge on any atom is 0.123 e. The minimum Gasteiger partial charge on any atom is -0.468 e. The molecule has 0 saturated heterocycles. The van der Waals surface area contributed by atoms with E-state index >= 15 is 0 Å². The Kier molecular flexibility index (Phi) is 3.04. The monoisotopic (exact) mass is 233 g/mol. The van der Waals surface area contributed by atoms with E-state index in [2.05, 4.69) is 17.5 Å². The Morgan fingerprint density at radius 1 is 1.41 bits per heavy atom. The molecule has 1 aromatic heterocycles. The lowest BCUT2D eigenvalue weighted by Gasteiger charge is -2.21. The molecule has 92 valence electrons. The van der Waals surface area contributed by atoms with Crippen molar-refractivity contribution in [3.05, 3.63) is 36.3 Å². The SMILES string of the molecule is OC[C@H](NC[C@H]1C[C@H]2C=C[C@H]1C2)c1ccco1. The van der Waals surface area contributed by atoms with Gasteiger partial charge in [-0.1, -0.05) is 12.2 Å². The Balaban J connectivity index is 1.55. The average molecular weight is 233 g/mol. The number of aliphatic hydroxyl groups is 1. The maximum atomic E-state index is 9.37. The van der Waals surface area contributed by atoms with E-state index in [1.165, 1.54) is 12.8 Å². The van der Waals surface area contributed by atoms with Crippen LogP contribution < -0.4 is 5.32 Å². The number of hydrogen-bond donors (Lipinski definition) is 2. The number of allylic oxidation sites excluding steroid dienone is 2. The summed E-state index contributed by atoms with van der Waals surface area (Å²) in [5.41, 5.74) is 0. The highest BCUT2D eigenvalue weighted by atomic mass is 16.3. The van der Waals surface area contributed by atoms with Gasteiger partial charge in [0.1, 0.15) is 5.76 Å². The zero-order valence-corrected chi connectivity index (χ0v) is 9.88. The second kappa shape index (κ2) is 4.67. The number of furan rings is 1. The molecule has 0 radical (unpaired) electrons. The molecule has 1 heterocycles. The molecule has 4 atom stereocenters. The molecule has 2 aliphatic carbocycles. The first-order valence-electron chi connectivity index (χ1n) is 6.43. The lowest BCUT2D eigenvalue weighted by Crippen LogP contribution is -2.30. The molecule has 0 unspecified atom stereocenters. The predicted molar refractivity (Wildman–Crippen MR) is 65.4 cm³/mol. The normalized spacial score (nSPS) is 32.2. The predicted octanol–water partition coefficient (Wildman–Crippen LogP) is 2.11. The number of rotatable bonds is 5. The van der Waals surface area contributed by atoms with Crippen LogP contribution in [0.3, 0.4) is 0 Å². The Labute approximate surface area is 102 Å². The zero-order valence-electron chi connectivity index (χ0n) is 9.88. The average Bonchev–Trinajstić information content (AvgIpc) is 3.06. The molecule has 1 saturated carbocycles. The molecule has 0 amide bonds. The topological polar surface area (TPSA) is 45.4 Å². The third-order valence-electron chi connectivity index (χ3n) is 4.11. The molecule has 3 rings (SSSR count). The highest BCUT2D eigenvalue weighted by Crippen LogP contribution is 2.43. The van der Waals surface area contributed by atoms with Crippen molar-refractivity contribution in [1.82, 2.24) is 5.32 Å². The van der Waals surface area contributed by atoms with E-state index in [-0.39, 0.29) is 12.6 Å². The molecule has 0 spiro atoms. The molecule has 2 aliphatic rings. The fraction of sp³-hybridized carbons (Fsp3) is 0.571. The van der Waals surface area contributed by atoms with Gasteiger partial charge in [-0.2, -0.15) is 0 Å². The summed E-state index contributed by atoms with van der Waals surface area (Å²) >= 11 is 0. The van der Waals surface area contributed by atoms with E-state index in [1.54, 1.807) is 6.26 Å². The first kappa shape index (κ1) is 11.1. The summed E-state index contributed by atoms with van der Waals surface area (Å²) in [5.74, 6) is 3.12. The fourth-order valence-corrected chi connectivity index (χ4v) is 3.17. The van der Waals surface area contributed by atoms with Gasteiger partial charge in [0.2, 0.25) is 0 Å². The number of nitrogens with one attached hydrogen (secondary N) is 1. The third-order valence-corrected chi connectivity index (χ3v) is 4.11. The molecule has 0 aromatic carbocycles. The summed E-state index contributed by atoms with van der Waals surface area (Å²) < 4.78 is 5.33. The van der Waals surface area contributed by atoms with Gasteiger partial charge in [-0.15, -0.1) is 0 Å². The quantitative estimate of drug-likeness (QED) is 0.766. The number of fused-ring (bicyclic) bond motifs is 2. The lowest BCUT2D eigenvalue weighted by molar-refractivity contribution is 0.218. The summed E-state index contributed by atoms with van der Waals surface area (Å²) in [6.45, 7) is 1.06. The summed E-state index contributed by atoms with van der Waals surface area (Å²) in [6.07, 6.45) is 9.00. The Morgan fingerprint density at radius 3 is 2.94 bits per heavy atom. The van der Waals surface area contributed by atoms with Gasteiger partial charge in [-0.05, 0) is 49.3 Å². The highest BCUT2D eigenvalue weighted by Gasteiger charge is 2.35. The van der Waals surface area contributed by atoms with Crippen molar-refractivity contribution in [1.29, 1.82) is 0 Å². The van der Waals surface area contributed by atoms with Crippen LogP contribution in [0.25, 0.3) is 0 Å². The van der Waals surface area contributed by atoms with Gasteiger partial charge in [-0.25, -0.2) is 0 Å². The lowest BCUT2D eigenvalue weighted by atomic mass is 9.93. The van der Waals surface area contributed by atoms with Crippen molar-refractivity contribution in [3.8, 4) is 0 Å². The first-order valence-corrected chi connectivity index (χ1v) is 6.43. The second-order valence-electron chi connectivity index (χ2n) is 5.20. The van der Waals surface area contributed by atoms with E-state index in [0.29, 0.717) is 0 Å². The van der Waals surface area contributed by atoms with Crippen LogP contribution in [-0.2, 0) is 0 Å². The van der Waals surface area contributed by atoms with Crippen LogP contribution in [0.15, 0.2) is 35.0 Å². The highest BCUT2D eigenvalue weighted by molar-refractivity contribution is 5.11. The van der Waals surface area contributed by atoms with Crippen molar-refractivity contribution >= 4 is 0 Å². The van der Waals surface area contributed by atoms with Crippen LogP contribution in [-0.4, -0.2) is 18.3 Å². The van der Waals surface area contributed by atoms with Crippen LogP contribution in [0.5, 0.6) is 0 Å². The van der Waals surface area contributed by atoms with Gasteiger partial charge < -0.3 is 14.8 Å². The van der Waals surface area contributed by atoms with Crippen molar-refractivity contribution < 1.29 is 9.52 Å². The molecule has 2 bridgehead atoms. The van der Waals surface area contributed by atoms with Gasteiger partial charge in [0.15, 0.2) is 0 Å². The van der Waals surface area contributed by atoms with Gasteiger partial charge in [0.05, 0.1) is 18.9 Å². The van der Waals surface area contributed by atoms with Crippen molar-refractivity contribution in [2.24, 2.45) is 17.8 Å². The molecular weight excluding hydrogens is 214 g/mol. The smallest absolute Gasteiger partial charge is 0.123 e. The standard InChI is InChI=1S/C14H19NO2/c16-9-13(14-2-1-5-17-14)15-8-12-7-10-3-4-11(12)6-10/h1-5,10-13,15-16H,6-9H2/t10-,11-,12+,13-/m0/s1. The zero-order chi connectivity index (χ0) is 11.7. The van der Waals surface area contributed by atoms with Gasteiger partial charge in [-0.3, -0.25) is 0 Å². The Bertz CT molecular complexity index is 385. The van der Waals surface area contributed by atoms with Gasteiger partial charge in [0, 0.05) is 0 Å². The molecule has 1 aromatic rings. The number of hydrogen-bond acceptors (Lipinski definition) is 3. The van der Waals surface area contributed by atoms with E-state index < -0.39 is 0 Å². The van der Waals surface area contributed by atoms with Crippen LogP contribution >= 0.6 is 0 Å². The van der Waals surface area contributed by atoms with Gasteiger partial charge in [0.25, 0.3) is 0 Å². The van der Waals surface area contributed by atoms with Crippen LogP contribution in [0, 0.1) is 17.8 Å². The van der Waals surface area contributed by atoms with Crippen LogP contribution in [0.2, 0.25) is 0 Å². The molecule has 0 aliphatic heterocycles. The van der Waals surface area contributed by atoms with Gasteiger partial charge >= 0.3 is 0 Å². The molecule has 17 heavy (non-hydrogen) atoms. The van der Waals surface area contributed by atoms with E-state index in [1.807, 2.05) is 12.1 Å². The van der Waals surface area contributed by atoms with E-state index in [9.17, 15) is 5.11 Å². The van der Waals surface area contributed by atoms with E-state index in [4.69, 9.17) is 4.42 Å². The van der Waals surface area contributed by atoms with Crippen LogP contribution in [0.1, 0.15) is 24.6 Å². The summed E-state index contributed by atoms with van der Waals surface area (Å²) in [6, 6.07) is 3.71. The number of aliphatic hydroxyl groups excluding tert-OH is 1. The van der Waals surface area contributed by atoms with Crippen LogP contribution in [0.4, 0.5) is 0 Å². The Hall–Kier alpha value is -1.06. The van der Waals surface area contributed by atoms with E-state index in [0.717, 1.165) is 30.1 Å². The fourth-order valence-electron chi connectivity index (χ4n) is 3.17. The maximum absolute atomic E-state index is 9.37. The molecule has 2 N–H and O–H groups in total. The molecular formula is C14H19NO2. The summed E-state index contributed by atoms with van der Waals surface area (Å²) in [4.78, 5) is 0. The largest absolute Gasteiger partial charge is 0.468 e.